The molecule has 1 aliphatic heterocycles. The zero-order valence-electron chi connectivity index (χ0n) is 13.4. The van der Waals surface area contributed by atoms with Crippen LogP contribution in [0.1, 0.15) is 24.0 Å². The van der Waals surface area contributed by atoms with Crippen molar-refractivity contribution in [2.75, 3.05) is 11.2 Å². The Morgan fingerprint density at radius 2 is 1.63 bits per heavy atom. The molecule has 1 aliphatic carbocycles. The fraction of sp³-hybridized carbons (Fsp3) is 0.400. The standard InChI is InChI=1S/C15H11F6N5S/c16-14(17,18)8-3-7(4-9(5-8)15(19,20)21)12-23-24-13-26(12)25-11(6-27-13)22-10-1-2-10/h3-5,10H,1-2,6H2,(H,22,25). The van der Waals surface area contributed by atoms with Crippen LogP contribution in [0.15, 0.2) is 28.3 Å². The van der Waals surface area contributed by atoms with Crippen LogP contribution in [-0.2, 0) is 12.4 Å². The molecule has 1 saturated carbocycles. The largest absolute Gasteiger partial charge is 0.416 e. The molecule has 0 atom stereocenters. The van der Waals surface area contributed by atoms with Gasteiger partial charge in [0.15, 0.2) is 5.82 Å². The number of halogens is 6. The molecule has 1 fully saturated rings. The van der Waals surface area contributed by atoms with Crippen molar-refractivity contribution in [2.24, 2.45) is 4.99 Å². The summed E-state index contributed by atoms with van der Waals surface area (Å²) in [4.78, 5) is 4.42. The summed E-state index contributed by atoms with van der Waals surface area (Å²) in [5.41, 5.74) is -0.252. The summed E-state index contributed by atoms with van der Waals surface area (Å²) in [5, 5.41) is 7.96. The molecule has 0 amide bonds. The predicted molar refractivity (Wildman–Crippen MR) is 86.0 cm³/mol. The highest BCUT2D eigenvalue weighted by Crippen LogP contribution is 2.39. The van der Waals surface area contributed by atoms with Gasteiger partial charge in [0, 0.05) is 5.56 Å². The summed E-state index contributed by atoms with van der Waals surface area (Å²) >= 11 is 1.25. The van der Waals surface area contributed by atoms with Gasteiger partial charge in [-0.2, -0.15) is 26.3 Å². The molecular formula is C15H11F6N5S. The molecule has 4 rings (SSSR count). The Balaban J connectivity index is 1.79. The summed E-state index contributed by atoms with van der Waals surface area (Å²) in [6.45, 7) is 0. The number of hydrogen-bond donors (Lipinski definition) is 1. The molecule has 2 heterocycles. The van der Waals surface area contributed by atoms with Gasteiger partial charge in [0.1, 0.15) is 5.84 Å². The van der Waals surface area contributed by atoms with Gasteiger partial charge in [-0.3, -0.25) is 10.4 Å². The lowest BCUT2D eigenvalue weighted by molar-refractivity contribution is -0.143. The molecule has 1 aromatic carbocycles. The van der Waals surface area contributed by atoms with Gasteiger partial charge in [-0.15, -0.1) is 10.2 Å². The smallest absolute Gasteiger partial charge is 0.277 e. The lowest BCUT2D eigenvalue weighted by Gasteiger charge is -2.19. The van der Waals surface area contributed by atoms with Crippen molar-refractivity contribution < 1.29 is 26.3 Å². The van der Waals surface area contributed by atoms with Gasteiger partial charge < -0.3 is 0 Å². The minimum atomic E-state index is -4.93. The summed E-state index contributed by atoms with van der Waals surface area (Å²) in [7, 11) is 0. The fourth-order valence-electron chi connectivity index (χ4n) is 2.52. The van der Waals surface area contributed by atoms with Crippen molar-refractivity contribution in [2.45, 2.75) is 36.4 Å². The molecule has 12 heteroatoms. The normalized spacial score (nSPS) is 19.1. The average molecular weight is 407 g/mol. The van der Waals surface area contributed by atoms with E-state index in [0.717, 1.165) is 12.8 Å². The quantitative estimate of drug-likeness (QED) is 0.759. The number of nitrogens with one attached hydrogen (secondary N) is 1. The van der Waals surface area contributed by atoms with Crippen LogP contribution >= 0.6 is 11.8 Å². The lowest BCUT2D eigenvalue weighted by atomic mass is 10.0. The van der Waals surface area contributed by atoms with Gasteiger partial charge in [-0.1, -0.05) is 11.8 Å². The van der Waals surface area contributed by atoms with E-state index in [1.165, 1.54) is 16.4 Å². The lowest BCUT2D eigenvalue weighted by Crippen LogP contribution is -2.30. The third-order valence-electron chi connectivity index (χ3n) is 3.94. The van der Waals surface area contributed by atoms with Crippen LogP contribution < -0.4 is 5.43 Å². The minimum Gasteiger partial charge on any atom is -0.277 e. The Hall–Kier alpha value is -2.24. The molecule has 1 aromatic heterocycles. The van der Waals surface area contributed by atoms with E-state index in [1.807, 2.05) is 0 Å². The number of alkyl halides is 6. The number of hydrogen-bond acceptors (Lipinski definition) is 4. The van der Waals surface area contributed by atoms with Crippen LogP contribution in [0.3, 0.4) is 0 Å². The van der Waals surface area contributed by atoms with Gasteiger partial charge >= 0.3 is 12.4 Å². The van der Waals surface area contributed by atoms with E-state index < -0.39 is 23.5 Å². The van der Waals surface area contributed by atoms with Gasteiger partial charge in [-0.25, -0.2) is 4.68 Å². The first-order valence-corrected chi connectivity index (χ1v) is 8.81. The number of fused-ring (bicyclic) bond motifs is 1. The molecule has 144 valence electrons. The van der Waals surface area contributed by atoms with Gasteiger partial charge in [0.25, 0.3) is 0 Å². The van der Waals surface area contributed by atoms with E-state index >= 15 is 0 Å². The van der Waals surface area contributed by atoms with Gasteiger partial charge in [0.2, 0.25) is 5.16 Å². The van der Waals surface area contributed by atoms with E-state index in [4.69, 9.17) is 0 Å². The summed E-state index contributed by atoms with van der Waals surface area (Å²) in [5.74, 6) is 0.918. The van der Waals surface area contributed by atoms with Crippen molar-refractivity contribution in [3.8, 4) is 11.4 Å². The number of thioether (sulfide) groups is 1. The number of nitrogens with zero attached hydrogens (tertiary/aromatic N) is 4. The van der Waals surface area contributed by atoms with E-state index in [9.17, 15) is 26.3 Å². The summed E-state index contributed by atoms with van der Waals surface area (Å²) in [6.07, 6.45) is -7.94. The topological polar surface area (TPSA) is 55.1 Å². The van der Waals surface area contributed by atoms with Crippen LogP contribution in [0.4, 0.5) is 26.3 Å². The Bertz CT molecular complexity index is 880. The van der Waals surface area contributed by atoms with E-state index in [-0.39, 0.29) is 23.5 Å². The van der Waals surface area contributed by atoms with Crippen molar-refractivity contribution >= 4 is 17.6 Å². The molecule has 2 aliphatic rings. The zero-order chi connectivity index (χ0) is 19.4. The van der Waals surface area contributed by atoms with E-state index in [1.54, 1.807) is 0 Å². The van der Waals surface area contributed by atoms with Crippen molar-refractivity contribution in [1.82, 2.24) is 14.9 Å². The van der Waals surface area contributed by atoms with E-state index in [0.29, 0.717) is 28.9 Å². The maximum Gasteiger partial charge on any atom is 0.416 e. The third-order valence-corrected chi connectivity index (χ3v) is 4.88. The number of benzene rings is 1. The Kier molecular flexibility index (Phi) is 4.13. The number of rotatable bonds is 2. The van der Waals surface area contributed by atoms with Crippen LogP contribution in [-0.4, -0.2) is 32.5 Å². The van der Waals surface area contributed by atoms with Crippen LogP contribution in [0, 0.1) is 0 Å². The Morgan fingerprint density at radius 3 is 2.19 bits per heavy atom. The molecule has 0 unspecified atom stereocenters. The Morgan fingerprint density at radius 1 is 1.00 bits per heavy atom. The van der Waals surface area contributed by atoms with Gasteiger partial charge in [-0.05, 0) is 31.0 Å². The first kappa shape index (κ1) is 18.1. The molecule has 0 saturated heterocycles. The summed E-state index contributed by atoms with van der Waals surface area (Å²) < 4.78 is 79.7. The molecule has 1 N–H and O–H groups in total. The van der Waals surface area contributed by atoms with Crippen molar-refractivity contribution in [1.29, 1.82) is 0 Å². The predicted octanol–water partition coefficient (Wildman–Crippen LogP) is 4.19. The Labute approximate surface area is 152 Å². The highest BCUT2D eigenvalue weighted by molar-refractivity contribution is 7.99. The second-order valence-electron chi connectivity index (χ2n) is 6.14. The summed E-state index contributed by atoms with van der Waals surface area (Å²) in [6, 6.07) is 1.55. The zero-order valence-corrected chi connectivity index (χ0v) is 14.2. The van der Waals surface area contributed by atoms with Crippen LogP contribution in [0.25, 0.3) is 11.4 Å². The first-order chi connectivity index (χ1) is 12.6. The van der Waals surface area contributed by atoms with Crippen LogP contribution in [0.2, 0.25) is 0 Å². The SMILES string of the molecule is FC(F)(F)c1cc(-c2nnc3n2NC(=NC2CC2)CS3)cc(C(F)(F)F)c1. The highest BCUT2D eigenvalue weighted by Gasteiger charge is 2.37. The molecule has 27 heavy (non-hydrogen) atoms. The van der Waals surface area contributed by atoms with Crippen molar-refractivity contribution in [3.05, 3.63) is 29.3 Å². The minimum absolute atomic E-state index is 0.0825. The number of amidine groups is 1. The molecular weight excluding hydrogens is 396 g/mol. The molecule has 0 radical (unpaired) electrons. The second kappa shape index (κ2) is 6.14. The van der Waals surface area contributed by atoms with E-state index in [2.05, 4.69) is 20.6 Å². The molecule has 0 bridgehead atoms. The molecule has 5 nitrogen and oxygen atoms in total. The first-order valence-electron chi connectivity index (χ1n) is 7.83. The fourth-order valence-corrected chi connectivity index (χ4v) is 3.28. The maximum absolute atomic E-state index is 13.1. The van der Waals surface area contributed by atoms with Crippen molar-refractivity contribution in [3.63, 3.8) is 0 Å². The molecule has 2 aromatic rings. The third kappa shape index (κ3) is 3.75. The molecule has 0 spiro atoms. The average Bonchev–Trinajstić information content (AvgIpc) is 3.29. The van der Waals surface area contributed by atoms with Gasteiger partial charge in [0.05, 0.1) is 22.9 Å². The second-order valence-corrected chi connectivity index (χ2v) is 7.09. The highest BCUT2D eigenvalue weighted by atomic mass is 32.2. The maximum atomic E-state index is 13.1. The number of aromatic nitrogens is 3. The monoisotopic (exact) mass is 407 g/mol. The number of aliphatic imine (C=N–C) groups is 1. The van der Waals surface area contributed by atoms with Crippen LogP contribution in [0.5, 0.6) is 0 Å².